The van der Waals surface area contributed by atoms with Crippen LogP contribution in [0.4, 0.5) is 0 Å². The number of carbonyl (C=O) groups is 6. The van der Waals surface area contributed by atoms with E-state index >= 15 is 0 Å². The summed E-state index contributed by atoms with van der Waals surface area (Å²) in [6.45, 7) is 8.03. The van der Waals surface area contributed by atoms with Gasteiger partial charge < -0.3 is 36.8 Å². The second kappa shape index (κ2) is 19.0. The van der Waals surface area contributed by atoms with Crippen LogP contribution in [0, 0.1) is 5.92 Å². The summed E-state index contributed by atoms with van der Waals surface area (Å²) in [6.07, 6.45) is 1.61. The van der Waals surface area contributed by atoms with Gasteiger partial charge in [-0.05, 0) is 38.2 Å². The van der Waals surface area contributed by atoms with E-state index in [9.17, 15) is 33.9 Å². The molecule has 0 aliphatic carbocycles. The molecule has 1 aromatic carbocycles. The molecule has 1 aromatic rings. The molecule has 0 aliphatic heterocycles. The van der Waals surface area contributed by atoms with Gasteiger partial charge in [0.1, 0.15) is 18.1 Å². The summed E-state index contributed by atoms with van der Waals surface area (Å²) in [5.41, 5.74) is 6.02. The second-order valence-corrected chi connectivity index (χ2v) is 10.6. The lowest BCUT2D eigenvalue weighted by Crippen LogP contribution is -2.59. The predicted octanol–water partition coefficient (Wildman–Crippen LogP) is -0.0001000. The van der Waals surface area contributed by atoms with Crippen LogP contribution >= 0.6 is 0 Å². The van der Waals surface area contributed by atoms with Gasteiger partial charge >= 0.3 is 5.97 Å². The summed E-state index contributed by atoms with van der Waals surface area (Å²) in [4.78, 5) is 74.8. The first-order chi connectivity index (χ1) is 20.2. The molecule has 0 spiro atoms. The Balaban J connectivity index is 3.27. The van der Waals surface area contributed by atoms with Crippen LogP contribution in [-0.2, 0) is 39.9 Å². The number of aliphatic hydroxyl groups is 1. The Morgan fingerprint density at radius 1 is 0.907 bits per heavy atom. The fraction of sp³-hybridized carbons (Fsp3) is 0.533. The Morgan fingerprint density at radius 3 is 2.05 bits per heavy atom. The highest BCUT2D eigenvalue weighted by Gasteiger charge is 2.32. The molecule has 0 aromatic heterocycles. The minimum atomic E-state index is -1.29. The number of benzene rings is 1. The zero-order valence-corrected chi connectivity index (χ0v) is 25.4. The van der Waals surface area contributed by atoms with Crippen LogP contribution in [0.25, 0.3) is 0 Å². The molecule has 0 unspecified atom stereocenters. The van der Waals surface area contributed by atoms with Crippen molar-refractivity contribution in [2.75, 3.05) is 6.61 Å². The number of carbonyl (C=O) groups excluding carboxylic acids is 6. The average molecular weight is 604 g/mol. The molecule has 43 heavy (non-hydrogen) atoms. The molecule has 0 heterocycles. The maximum absolute atomic E-state index is 13.5. The predicted molar refractivity (Wildman–Crippen MR) is 159 cm³/mol. The van der Waals surface area contributed by atoms with E-state index in [-0.39, 0.29) is 38.2 Å². The number of rotatable bonds is 18. The van der Waals surface area contributed by atoms with Crippen molar-refractivity contribution in [2.45, 2.75) is 90.6 Å². The number of aliphatic hydroxyl groups excluding tert-OH is 1. The average Bonchev–Trinajstić information content (AvgIpc) is 2.92. The lowest BCUT2D eigenvalue weighted by atomic mass is 10.00. The summed E-state index contributed by atoms with van der Waals surface area (Å²) < 4.78 is 4.88. The number of primary amides is 1. The van der Waals surface area contributed by atoms with Gasteiger partial charge in [-0.25, -0.2) is 4.79 Å². The summed E-state index contributed by atoms with van der Waals surface area (Å²) in [6, 6.07) is 4.65. The van der Waals surface area contributed by atoms with E-state index in [4.69, 9.17) is 10.5 Å². The largest absolute Gasteiger partial charge is 0.463 e. The van der Waals surface area contributed by atoms with Gasteiger partial charge in [0.2, 0.25) is 29.5 Å². The zero-order valence-electron chi connectivity index (χ0n) is 25.4. The molecule has 5 atom stereocenters. The Kier molecular flexibility index (Phi) is 16.3. The summed E-state index contributed by atoms with van der Waals surface area (Å²) >= 11 is 0. The summed E-state index contributed by atoms with van der Waals surface area (Å²) in [5.74, 6) is -3.82. The first kappa shape index (κ1) is 36.8. The number of amides is 5. The fourth-order valence-corrected chi connectivity index (χ4v) is 4.10. The van der Waals surface area contributed by atoms with Crippen LogP contribution in [0.15, 0.2) is 42.5 Å². The minimum absolute atomic E-state index is 0.0468. The third-order valence-electron chi connectivity index (χ3n) is 6.16. The van der Waals surface area contributed by atoms with Gasteiger partial charge in [0.05, 0.1) is 12.7 Å². The van der Waals surface area contributed by atoms with E-state index in [2.05, 4.69) is 21.3 Å². The van der Waals surface area contributed by atoms with Gasteiger partial charge in [-0.2, -0.15) is 0 Å². The third kappa shape index (κ3) is 15.0. The van der Waals surface area contributed by atoms with Gasteiger partial charge in [0, 0.05) is 31.9 Å². The number of esters is 1. The van der Waals surface area contributed by atoms with Crippen molar-refractivity contribution in [1.82, 2.24) is 21.3 Å². The molecule has 13 nitrogen and oxygen atoms in total. The topological polar surface area (TPSA) is 206 Å². The van der Waals surface area contributed by atoms with Crippen LogP contribution in [0.1, 0.15) is 59.4 Å². The molecule has 0 bridgehead atoms. The van der Waals surface area contributed by atoms with Crippen molar-refractivity contribution < 1.29 is 38.6 Å². The van der Waals surface area contributed by atoms with Gasteiger partial charge in [0.15, 0.2) is 0 Å². The van der Waals surface area contributed by atoms with E-state index in [1.54, 1.807) is 37.3 Å². The Morgan fingerprint density at radius 2 is 1.51 bits per heavy atom. The number of hydrogen-bond acceptors (Lipinski definition) is 8. The maximum Gasteiger partial charge on any atom is 0.330 e. The molecule has 0 aliphatic rings. The molecule has 0 saturated heterocycles. The Bertz CT molecular complexity index is 1120. The first-order valence-electron chi connectivity index (χ1n) is 14.3. The highest BCUT2D eigenvalue weighted by atomic mass is 16.5. The monoisotopic (exact) mass is 603 g/mol. The molecule has 7 N–H and O–H groups in total. The first-order valence-corrected chi connectivity index (χ1v) is 14.3. The van der Waals surface area contributed by atoms with E-state index < -0.39 is 65.8 Å². The molecule has 0 radical (unpaired) electrons. The fourth-order valence-electron chi connectivity index (χ4n) is 4.10. The van der Waals surface area contributed by atoms with Crippen LogP contribution in [0.2, 0.25) is 0 Å². The smallest absolute Gasteiger partial charge is 0.330 e. The Hall–Kier alpha value is -4.26. The van der Waals surface area contributed by atoms with Crippen LogP contribution < -0.4 is 27.0 Å². The van der Waals surface area contributed by atoms with E-state index in [1.807, 2.05) is 13.8 Å². The lowest BCUT2D eigenvalue weighted by molar-refractivity contribution is -0.137. The van der Waals surface area contributed by atoms with Gasteiger partial charge in [0.25, 0.3) is 0 Å². The molecule has 0 saturated carbocycles. The van der Waals surface area contributed by atoms with Crippen molar-refractivity contribution in [1.29, 1.82) is 0 Å². The SMILES string of the molecule is CCOC(=O)/C=C/[C@H](CCC(N)=O)NC(=O)[C@H](Cc1ccccc1)NC(=O)[C@H](CC(C)C)NC(=O)[C@@H](NC(C)=O)[C@@H](C)O. The second-order valence-electron chi connectivity index (χ2n) is 10.6. The summed E-state index contributed by atoms with van der Waals surface area (Å²) in [7, 11) is 0. The molecule has 238 valence electrons. The van der Waals surface area contributed by atoms with Crippen molar-refractivity contribution >= 4 is 35.5 Å². The molecule has 0 fully saturated rings. The lowest BCUT2D eigenvalue weighted by Gasteiger charge is -2.27. The standard InChI is InChI=1S/C30H45N5O8/c1-6-43-26(39)15-13-22(12-14-25(31)38)33-28(40)24(17-21-10-8-7-9-11-21)34-29(41)23(16-18(2)3)35-30(42)27(19(4)36)32-20(5)37/h7-11,13,15,18-19,22-24,27,36H,6,12,14,16-17H2,1-5H3,(H2,31,38)(H,32,37)(H,33,40)(H,34,41)(H,35,42)/b15-13+/t19-,22+,23+,24+,27+/m1/s1. The normalized spacial score (nSPS) is 14.6. The van der Waals surface area contributed by atoms with Gasteiger partial charge in [-0.15, -0.1) is 0 Å². The van der Waals surface area contributed by atoms with Gasteiger partial charge in [-0.3, -0.25) is 24.0 Å². The van der Waals surface area contributed by atoms with Crippen LogP contribution in [0.5, 0.6) is 0 Å². The van der Waals surface area contributed by atoms with E-state index in [1.165, 1.54) is 19.9 Å². The Labute approximate surface area is 252 Å². The van der Waals surface area contributed by atoms with Crippen molar-refractivity contribution in [2.24, 2.45) is 11.7 Å². The highest BCUT2D eigenvalue weighted by Crippen LogP contribution is 2.10. The highest BCUT2D eigenvalue weighted by molar-refractivity contribution is 5.94. The number of nitrogens with one attached hydrogen (secondary N) is 4. The number of hydrogen-bond donors (Lipinski definition) is 6. The molecular weight excluding hydrogens is 558 g/mol. The van der Waals surface area contributed by atoms with Crippen molar-refractivity contribution in [3.8, 4) is 0 Å². The third-order valence-corrected chi connectivity index (χ3v) is 6.16. The summed E-state index contributed by atoms with van der Waals surface area (Å²) in [5, 5.41) is 20.4. The number of ether oxygens (including phenoxy) is 1. The van der Waals surface area contributed by atoms with E-state index in [0.717, 1.165) is 11.6 Å². The molecule has 5 amide bonds. The molecular formula is C30H45N5O8. The van der Waals surface area contributed by atoms with Crippen LogP contribution in [0.3, 0.4) is 0 Å². The maximum atomic E-state index is 13.5. The van der Waals surface area contributed by atoms with E-state index in [0.29, 0.717) is 0 Å². The molecule has 13 heteroatoms. The van der Waals surface area contributed by atoms with Gasteiger partial charge in [-0.1, -0.05) is 50.3 Å². The van der Waals surface area contributed by atoms with Crippen molar-refractivity contribution in [3.63, 3.8) is 0 Å². The minimum Gasteiger partial charge on any atom is -0.463 e. The van der Waals surface area contributed by atoms with Crippen LogP contribution in [-0.4, -0.2) is 77.5 Å². The molecule has 1 rings (SSSR count). The zero-order chi connectivity index (χ0) is 32.5. The number of nitrogens with two attached hydrogens (primary N) is 1. The quantitative estimate of drug-likeness (QED) is 0.0992. The van der Waals surface area contributed by atoms with Crippen molar-refractivity contribution in [3.05, 3.63) is 48.0 Å².